The summed E-state index contributed by atoms with van der Waals surface area (Å²) in [5.41, 5.74) is 17.0. The third-order valence-electron chi connectivity index (χ3n) is 13.4. The number of fused-ring (bicyclic) bond motifs is 4. The van der Waals surface area contributed by atoms with Gasteiger partial charge in [-0.1, -0.05) is 194 Å². The van der Waals surface area contributed by atoms with Crippen LogP contribution in [-0.4, -0.2) is 9.55 Å². The number of para-hydroxylation sites is 2. The monoisotopic (exact) mass is 873 g/mol. The highest BCUT2D eigenvalue weighted by atomic mass is 19.1. The van der Waals surface area contributed by atoms with Gasteiger partial charge in [-0.3, -0.25) is 4.90 Å². The summed E-state index contributed by atoms with van der Waals surface area (Å²) in [6.07, 6.45) is 6.08. The molecule has 0 saturated heterocycles. The number of benzene rings is 9. The molecule has 0 N–H and O–H groups in total. The smallest absolute Gasteiger partial charge is 0.147 e. The van der Waals surface area contributed by atoms with Crippen LogP contribution in [0.25, 0.3) is 62.3 Å². The lowest BCUT2D eigenvalue weighted by molar-refractivity contribution is 0.628. The normalized spacial score (nSPS) is 12.5. The lowest BCUT2D eigenvalue weighted by Crippen LogP contribution is -2.28. The molecule has 2 aromatic heterocycles. The maximum absolute atomic E-state index is 15.3. The van der Waals surface area contributed by atoms with Crippen molar-refractivity contribution in [2.45, 2.75) is 5.41 Å². The first-order valence-electron chi connectivity index (χ1n) is 23.1. The summed E-state index contributed by atoms with van der Waals surface area (Å²) in [5.74, 6) is 0.327. The molecule has 0 fully saturated rings. The van der Waals surface area contributed by atoms with Crippen LogP contribution in [0, 0.1) is 5.82 Å². The number of nitrogens with zero attached hydrogens (tertiary/aromatic N) is 3. The second kappa shape index (κ2) is 17.2. The minimum absolute atomic E-state index is 0.314. The maximum atomic E-state index is 15.3. The van der Waals surface area contributed by atoms with E-state index in [0.29, 0.717) is 11.5 Å². The zero-order chi connectivity index (χ0) is 45.4. The molecule has 322 valence electrons. The van der Waals surface area contributed by atoms with Crippen LogP contribution in [0.2, 0.25) is 0 Å². The van der Waals surface area contributed by atoms with Gasteiger partial charge in [-0.25, -0.2) is 9.37 Å². The molecule has 4 heteroatoms. The molecule has 0 radical (unpaired) electrons. The highest BCUT2D eigenvalue weighted by molar-refractivity contribution is 6.09. The summed E-state index contributed by atoms with van der Waals surface area (Å²) >= 11 is 0. The van der Waals surface area contributed by atoms with Gasteiger partial charge in [0.2, 0.25) is 0 Å². The van der Waals surface area contributed by atoms with Gasteiger partial charge in [0.25, 0.3) is 0 Å². The van der Waals surface area contributed by atoms with E-state index in [1.807, 2.05) is 41.3 Å². The van der Waals surface area contributed by atoms with Gasteiger partial charge in [-0.2, -0.15) is 0 Å². The first-order chi connectivity index (χ1) is 33.7. The lowest BCUT2D eigenvalue weighted by atomic mass is 9.67. The van der Waals surface area contributed by atoms with Crippen LogP contribution in [0.3, 0.4) is 0 Å². The van der Waals surface area contributed by atoms with Gasteiger partial charge in [0.15, 0.2) is 0 Å². The summed E-state index contributed by atoms with van der Waals surface area (Å²) in [6, 6.07) is 87.1. The standard InChI is InChI=1S/C64H44FN3/c65-58-30-16-17-31-59(58)67(61-32-18-19-41-66-61)52-38-35-45(36-39-52)33-34-46-37-40-53-54-43-55-60(44-57(54)64(56(53)42-46,49-24-10-3-11-25-49)50-26-12-4-13-27-50)68(51-28-14-5-15-29-51)63(48-22-8-2-9-23-48)62(55)47-20-6-1-7-21-47/h1-44H/b34-33+. The molecule has 0 bridgehead atoms. The Morgan fingerprint density at radius 2 is 1.03 bits per heavy atom. The molecule has 0 unspecified atom stereocenters. The van der Waals surface area contributed by atoms with Gasteiger partial charge in [0.1, 0.15) is 11.6 Å². The highest BCUT2D eigenvalue weighted by Gasteiger charge is 2.47. The van der Waals surface area contributed by atoms with Crippen molar-refractivity contribution in [2.75, 3.05) is 4.90 Å². The van der Waals surface area contributed by atoms with Crippen LogP contribution < -0.4 is 4.90 Å². The third-order valence-corrected chi connectivity index (χ3v) is 13.4. The fraction of sp³-hybridized carbons (Fsp3) is 0.0156. The first-order valence-corrected chi connectivity index (χ1v) is 23.1. The van der Waals surface area contributed by atoms with Crippen molar-refractivity contribution in [3.63, 3.8) is 0 Å². The van der Waals surface area contributed by atoms with Crippen LogP contribution in [0.5, 0.6) is 0 Å². The predicted molar refractivity (Wildman–Crippen MR) is 279 cm³/mol. The molecular weight excluding hydrogens is 830 g/mol. The molecular formula is C64H44FN3. The average molecular weight is 874 g/mol. The molecule has 0 spiro atoms. The number of hydrogen-bond acceptors (Lipinski definition) is 2. The summed E-state index contributed by atoms with van der Waals surface area (Å²) < 4.78 is 17.8. The molecule has 11 aromatic rings. The molecule has 0 atom stereocenters. The SMILES string of the molecule is Fc1ccccc1N(c1ccc(/C=C/c2ccc3c(c2)C(c2ccccc2)(c2ccccc2)c2cc4c(cc2-3)c(-c2ccccc2)c(-c2ccccc2)n4-c2ccccc2)cc1)c1ccccn1. The molecule has 0 amide bonds. The summed E-state index contributed by atoms with van der Waals surface area (Å²) in [4.78, 5) is 6.43. The number of anilines is 3. The van der Waals surface area contributed by atoms with Crippen LogP contribution in [-0.2, 0) is 5.41 Å². The number of halogens is 1. The maximum Gasteiger partial charge on any atom is 0.147 e. The van der Waals surface area contributed by atoms with Crippen molar-refractivity contribution in [3.8, 4) is 39.2 Å². The van der Waals surface area contributed by atoms with E-state index in [1.54, 1.807) is 18.3 Å². The third kappa shape index (κ3) is 6.85. The lowest BCUT2D eigenvalue weighted by Gasteiger charge is -2.34. The van der Waals surface area contributed by atoms with E-state index in [9.17, 15) is 0 Å². The molecule has 1 aliphatic carbocycles. The quantitative estimate of drug-likeness (QED) is 0.128. The fourth-order valence-corrected chi connectivity index (χ4v) is 10.4. The topological polar surface area (TPSA) is 21.1 Å². The van der Waals surface area contributed by atoms with E-state index in [0.717, 1.165) is 39.3 Å². The number of rotatable bonds is 10. The van der Waals surface area contributed by atoms with Crippen molar-refractivity contribution in [2.24, 2.45) is 0 Å². The van der Waals surface area contributed by atoms with Gasteiger partial charge in [-0.15, -0.1) is 0 Å². The van der Waals surface area contributed by atoms with E-state index in [-0.39, 0.29) is 5.82 Å². The molecule has 2 heterocycles. The minimum Gasteiger partial charge on any atom is -0.309 e. The second-order valence-electron chi connectivity index (χ2n) is 17.2. The van der Waals surface area contributed by atoms with Crippen molar-refractivity contribution in [1.29, 1.82) is 0 Å². The Kier molecular flexibility index (Phi) is 10.3. The summed E-state index contributed by atoms with van der Waals surface area (Å²) in [7, 11) is 0. The van der Waals surface area contributed by atoms with E-state index >= 15 is 4.39 Å². The van der Waals surface area contributed by atoms with Crippen LogP contribution in [0.15, 0.2) is 255 Å². The Morgan fingerprint density at radius 3 is 1.68 bits per heavy atom. The molecule has 0 aliphatic heterocycles. The molecule has 0 saturated carbocycles. The van der Waals surface area contributed by atoms with Gasteiger partial charge in [-0.05, 0) is 122 Å². The second-order valence-corrected chi connectivity index (χ2v) is 17.2. The Bertz CT molecular complexity index is 3550. The van der Waals surface area contributed by atoms with Crippen molar-refractivity contribution in [1.82, 2.24) is 9.55 Å². The fourth-order valence-electron chi connectivity index (χ4n) is 10.4. The van der Waals surface area contributed by atoms with Crippen molar-refractivity contribution < 1.29 is 4.39 Å². The first kappa shape index (κ1) is 40.6. The van der Waals surface area contributed by atoms with E-state index in [1.165, 1.54) is 56.0 Å². The van der Waals surface area contributed by atoms with Gasteiger partial charge in [0, 0.05) is 28.5 Å². The molecule has 3 nitrogen and oxygen atoms in total. The van der Waals surface area contributed by atoms with Crippen LogP contribution in [0.4, 0.5) is 21.6 Å². The zero-order valence-corrected chi connectivity index (χ0v) is 37.1. The molecule has 12 rings (SSSR count). The van der Waals surface area contributed by atoms with Crippen molar-refractivity contribution in [3.05, 3.63) is 294 Å². The molecule has 68 heavy (non-hydrogen) atoms. The van der Waals surface area contributed by atoms with Gasteiger partial charge >= 0.3 is 0 Å². The van der Waals surface area contributed by atoms with Gasteiger partial charge in [0.05, 0.1) is 22.3 Å². The predicted octanol–water partition coefficient (Wildman–Crippen LogP) is 16.5. The molecule has 1 aliphatic rings. The highest BCUT2D eigenvalue weighted by Crippen LogP contribution is 2.58. The van der Waals surface area contributed by atoms with E-state index < -0.39 is 5.41 Å². The Hall–Kier alpha value is -8.86. The average Bonchev–Trinajstić information content (AvgIpc) is 3.90. The van der Waals surface area contributed by atoms with E-state index in [4.69, 9.17) is 0 Å². The largest absolute Gasteiger partial charge is 0.309 e. The Labute approximate surface area is 396 Å². The van der Waals surface area contributed by atoms with Crippen LogP contribution in [0.1, 0.15) is 33.4 Å². The van der Waals surface area contributed by atoms with E-state index in [2.05, 4.69) is 216 Å². The number of aromatic nitrogens is 2. The minimum atomic E-state index is -0.639. The number of pyridine rings is 1. The van der Waals surface area contributed by atoms with Crippen LogP contribution >= 0.6 is 0 Å². The van der Waals surface area contributed by atoms with Gasteiger partial charge < -0.3 is 4.57 Å². The van der Waals surface area contributed by atoms with Crippen molar-refractivity contribution >= 4 is 40.2 Å². The Balaban J connectivity index is 1.06. The Morgan fingerprint density at radius 1 is 0.471 bits per heavy atom. The number of hydrogen-bond donors (Lipinski definition) is 0. The zero-order valence-electron chi connectivity index (χ0n) is 37.1. The summed E-state index contributed by atoms with van der Waals surface area (Å²) in [5, 5.41) is 1.20. The molecule has 9 aromatic carbocycles. The summed E-state index contributed by atoms with van der Waals surface area (Å²) in [6.45, 7) is 0.